The van der Waals surface area contributed by atoms with E-state index >= 15 is 0 Å². The first-order valence-electron chi connectivity index (χ1n) is 5.83. The van der Waals surface area contributed by atoms with Crippen LogP contribution in [-0.4, -0.2) is 0 Å². The van der Waals surface area contributed by atoms with Gasteiger partial charge in [0.1, 0.15) is 11.5 Å². The summed E-state index contributed by atoms with van der Waals surface area (Å²) in [5.41, 5.74) is 0.566. The first-order valence-corrected chi connectivity index (χ1v) is 5.83. The van der Waals surface area contributed by atoms with Gasteiger partial charge in [0.05, 0.1) is 12.1 Å². The summed E-state index contributed by atoms with van der Waals surface area (Å²) in [7, 11) is 0. The standard InChI is InChI=1S/C14H14F3NO/c1-9-3-5-11(14(15,16)17)7-13(9)18-8-12-6-4-10(2)19-12/h3-7,18H,8H2,1-2H3. The Balaban J connectivity index is 2.15. The molecule has 0 atom stereocenters. The lowest BCUT2D eigenvalue weighted by molar-refractivity contribution is -0.137. The zero-order chi connectivity index (χ0) is 14.0. The number of rotatable bonds is 3. The van der Waals surface area contributed by atoms with Crippen LogP contribution in [0.4, 0.5) is 18.9 Å². The summed E-state index contributed by atoms with van der Waals surface area (Å²) in [6.45, 7) is 3.94. The molecule has 102 valence electrons. The Kier molecular flexibility index (Phi) is 3.55. The molecule has 0 amide bonds. The molecule has 0 saturated heterocycles. The molecular weight excluding hydrogens is 255 g/mol. The SMILES string of the molecule is Cc1ccc(CNc2cc(C(F)(F)F)ccc2C)o1. The average molecular weight is 269 g/mol. The van der Waals surface area contributed by atoms with Crippen LogP contribution in [0.2, 0.25) is 0 Å². The van der Waals surface area contributed by atoms with E-state index in [-0.39, 0.29) is 0 Å². The zero-order valence-electron chi connectivity index (χ0n) is 10.6. The fourth-order valence-corrected chi connectivity index (χ4v) is 1.75. The molecule has 2 rings (SSSR count). The number of hydrogen-bond donors (Lipinski definition) is 1. The van der Waals surface area contributed by atoms with Gasteiger partial charge in [0, 0.05) is 5.69 Å². The minimum atomic E-state index is -4.33. The molecule has 19 heavy (non-hydrogen) atoms. The van der Waals surface area contributed by atoms with Crippen molar-refractivity contribution in [2.75, 3.05) is 5.32 Å². The smallest absolute Gasteiger partial charge is 0.416 e. The van der Waals surface area contributed by atoms with E-state index in [4.69, 9.17) is 4.42 Å². The van der Waals surface area contributed by atoms with E-state index in [0.717, 1.165) is 23.5 Å². The maximum Gasteiger partial charge on any atom is 0.416 e. The van der Waals surface area contributed by atoms with Gasteiger partial charge in [-0.2, -0.15) is 13.2 Å². The fourth-order valence-electron chi connectivity index (χ4n) is 1.75. The van der Waals surface area contributed by atoms with E-state index < -0.39 is 11.7 Å². The summed E-state index contributed by atoms with van der Waals surface area (Å²) >= 11 is 0. The van der Waals surface area contributed by atoms with Crippen molar-refractivity contribution in [1.29, 1.82) is 0 Å². The van der Waals surface area contributed by atoms with Gasteiger partial charge < -0.3 is 9.73 Å². The molecule has 0 aliphatic carbocycles. The molecule has 1 heterocycles. The second-order valence-electron chi connectivity index (χ2n) is 4.39. The van der Waals surface area contributed by atoms with Gasteiger partial charge in [0.25, 0.3) is 0 Å². The lowest BCUT2D eigenvalue weighted by atomic mass is 10.1. The van der Waals surface area contributed by atoms with E-state index in [1.54, 1.807) is 13.0 Å². The van der Waals surface area contributed by atoms with Crippen LogP contribution in [0, 0.1) is 13.8 Å². The van der Waals surface area contributed by atoms with Crippen LogP contribution in [0.25, 0.3) is 0 Å². The molecule has 0 fully saturated rings. The number of alkyl halides is 3. The molecule has 2 nitrogen and oxygen atoms in total. The Morgan fingerprint density at radius 2 is 1.84 bits per heavy atom. The highest BCUT2D eigenvalue weighted by atomic mass is 19.4. The minimum Gasteiger partial charge on any atom is -0.465 e. The molecule has 0 saturated carbocycles. The largest absolute Gasteiger partial charge is 0.465 e. The number of halogens is 3. The van der Waals surface area contributed by atoms with Crippen molar-refractivity contribution in [3.8, 4) is 0 Å². The van der Waals surface area contributed by atoms with Crippen LogP contribution in [0.15, 0.2) is 34.7 Å². The third kappa shape index (κ3) is 3.30. The van der Waals surface area contributed by atoms with Gasteiger partial charge in [-0.3, -0.25) is 0 Å². The highest BCUT2D eigenvalue weighted by Gasteiger charge is 2.30. The zero-order valence-corrected chi connectivity index (χ0v) is 10.6. The second kappa shape index (κ2) is 4.99. The van der Waals surface area contributed by atoms with Crippen LogP contribution in [0.5, 0.6) is 0 Å². The normalized spacial score (nSPS) is 11.6. The van der Waals surface area contributed by atoms with Crippen LogP contribution >= 0.6 is 0 Å². The van der Waals surface area contributed by atoms with Crippen molar-refractivity contribution in [3.63, 3.8) is 0 Å². The molecule has 0 aliphatic heterocycles. The summed E-state index contributed by atoms with van der Waals surface area (Å²) in [5, 5.41) is 2.96. The number of furan rings is 1. The molecule has 0 radical (unpaired) electrons. The number of benzene rings is 1. The first-order chi connectivity index (χ1) is 8.86. The number of anilines is 1. The lowest BCUT2D eigenvalue weighted by Crippen LogP contribution is -2.07. The van der Waals surface area contributed by atoms with Crippen molar-refractivity contribution < 1.29 is 17.6 Å². The molecule has 0 spiro atoms. The van der Waals surface area contributed by atoms with Crippen molar-refractivity contribution in [3.05, 3.63) is 53.0 Å². The maximum absolute atomic E-state index is 12.6. The topological polar surface area (TPSA) is 25.2 Å². The predicted octanol–water partition coefficient (Wildman–Crippen LogP) is 4.53. The van der Waals surface area contributed by atoms with Gasteiger partial charge in [0.15, 0.2) is 0 Å². The minimum absolute atomic E-state index is 0.357. The Bertz CT molecular complexity index is 572. The summed E-state index contributed by atoms with van der Waals surface area (Å²) in [4.78, 5) is 0. The molecule has 1 aromatic heterocycles. The van der Waals surface area contributed by atoms with E-state index in [2.05, 4.69) is 5.32 Å². The second-order valence-corrected chi connectivity index (χ2v) is 4.39. The van der Waals surface area contributed by atoms with Crippen molar-refractivity contribution in [1.82, 2.24) is 0 Å². The van der Waals surface area contributed by atoms with Crippen molar-refractivity contribution in [2.24, 2.45) is 0 Å². The summed E-state index contributed by atoms with van der Waals surface area (Å²) < 4.78 is 43.2. The van der Waals surface area contributed by atoms with E-state index in [1.807, 2.05) is 13.0 Å². The molecule has 1 N–H and O–H groups in total. The Labute approximate surface area is 109 Å². The van der Waals surface area contributed by atoms with Gasteiger partial charge in [-0.25, -0.2) is 0 Å². The monoisotopic (exact) mass is 269 g/mol. The Hall–Kier alpha value is -1.91. The molecule has 1 aromatic carbocycles. The molecular formula is C14H14F3NO. The number of aryl methyl sites for hydroxylation is 2. The van der Waals surface area contributed by atoms with Crippen LogP contribution in [0.3, 0.4) is 0 Å². The van der Waals surface area contributed by atoms with Crippen molar-refractivity contribution >= 4 is 5.69 Å². The Morgan fingerprint density at radius 1 is 1.11 bits per heavy atom. The summed E-state index contributed by atoms with van der Waals surface area (Å²) in [6.07, 6.45) is -4.33. The van der Waals surface area contributed by atoms with Gasteiger partial charge in [0.2, 0.25) is 0 Å². The average Bonchev–Trinajstić information content (AvgIpc) is 2.72. The third-order valence-electron chi connectivity index (χ3n) is 2.81. The van der Waals surface area contributed by atoms with E-state index in [0.29, 0.717) is 18.0 Å². The van der Waals surface area contributed by atoms with E-state index in [1.165, 1.54) is 6.07 Å². The number of hydrogen-bond acceptors (Lipinski definition) is 2. The third-order valence-corrected chi connectivity index (χ3v) is 2.81. The molecule has 0 unspecified atom stereocenters. The van der Waals surface area contributed by atoms with Gasteiger partial charge >= 0.3 is 6.18 Å². The predicted molar refractivity (Wildman–Crippen MR) is 67.0 cm³/mol. The quantitative estimate of drug-likeness (QED) is 0.885. The van der Waals surface area contributed by atoms with Crippen LogP contribution in [0.1, 0.15) is 22.6 Å². The summed E-state index contributed by atoms with van der Waals surface area (Å²) in [6, 6.07) is 7.27. The molecule has 2 aromatic rings. The van der Waals surface area contributed by atoms with Gasteiger partial charge in [-0.15, -0.1) is 0 Å². The van der Waals surface area contributed by atoms with Gasteiger partial charge in [-0.1, -0.05) is 6.07 Å². The van der Waals surface area contributed by atoms with Crippen LogP contribution < -0.4 is 5.32 Å². The lowest BCUT2D eigenvalue weighted by Gasteiger charge is -2.12. The highest BCUT2D eigenvalue weighted by molar-refractivity contribution is 5.53. The van der Waals surface area contributed by atoms with Gasteiger partial charge in [-0.05, 0) is 43.7 Å². The van der Waals surface area contributed by atoms with Crippen molar-refractivity contribution in [2.45, 2.75) is 26.6 Å². The van der Waals surface area contributed by atoms with E-state index in [9.17, 15) is 13.2 Å². The summed E-state index contributed by atoms with van der Waals surface area (Å²) in [5.74, 6) is 1.46. The number of nitrogens with one attached hydrogen (secondary N) is 1. The molecule has 5 heteroatoms. The first kappa shape index (κ1) is 13.5. The Morgan fingerprint density at radius 3 is 2.42 bits per heavy atom. The fraction of sp³-hybridized carbons (Fsp3) is 0.286. The maximum atomic E-state index is 12.6. The molecule has 0 aliphatic rings. The highest BCUT2D eigenvalue weighted by Crippen LogP contribution is 2.32. The molecule has 0 bridgehead atoms. The van der Waals surface area contributed by atoms with Crippen LogP contribution in [-0.2, 0) is 12.7 Å².